The van der Waals surface area contributed by atoms with Crippen LogP contribution >= 0.6 is 0 Å². The fourth-order valence-corrected chi connectivity index (χ4v) is 3.45. The highest BCUT2D eigenvalue weighted by Gasteiger charge is 2.17. The summed E-state index contributed by atoms with van der Waals surface area (Å²) < 4.78 is 65.7. The summed E-state index contributed by atoms with van der Waals surface area (Å²) in [4.78, 5) is 12.2. The van der Waals surface area contributed by atoms with Crippen LogP contribution in [0.4, 0.5) is 24.5 Å². The fourth-order valence-electron chi connectivity index (χ4n) is 2.25. The number of nitrogens with one attached hydrogen (secondary N) is 2. The monoisotopic (exact) mass is 386 g/mol. The van der Waals surface area contributed by atoms with Crippen LogP contribution in [0, 0.1) is 24.4 Å². The van der Waals surface area contributed by atoms with Crippen molar-refractivity contribution in [2.45, 2.75) is 20.3 Å². The Balaban J connectivity index is 2.28. The standard InChI is InChI=1S/C17H17F3N2O3S/c1-3-7-26(24,25)22-15-6-4-5-14(10(15)2)21-17(23)11-8-12(18)16(20)13(19)9-11/h4-6,8-9,22H,3,7H2,1-2H3,(H,21,23). The molecule has 1 amide bonds. The molecule has 0 atom stereocenters. The van der Waals surface area contributed by atoms with Gasteiger partial charge in [-0.05, 0) is 43.2 Å². The van der Waals surface area contributed by atoms with E-state index >= 15 is 0 Å². The van der Waals surface area contributed by atoms with E-state index in [1.54, 1.807) is 13.8 Å². The van der Waals surface area contributed by atoms with Gasteiger partial charge in [0.2, 0.25) is 10.0 Å². The first-order valence-corrected chi connectivity index (χ1v) is 9.36. The van der Waals surface area contributed by atoms with Crippen molar-refractivity contribution in [2.24, 2.45) is 0 Å². The molecule has 0 bridgehead atoms. The van der Waals surface area contributed by atoms with Crippen LogP contribution in [0.3, 0.4) is 0 Å². The molecular formula is C17H17F3N2O3S. The third-order valence-electron chi connectivity index (χ3n) is 3.57. The number of amides is 1. The summed E-state index contributed by atoms with van der Waals surface area (Å²) in [5.74, 6) is -5.54. The largest absolute Gasteiger partial charge is 0.322 e. The van der Waals surface area contributed by atoms with Crippen LogP contribution < -0.4 is 10.0 Å². The van der Waals surface area contributed by atoms with E-state index in [2.05, 4.69) is 10.0 Å². The number of rotatable bonds is 6. The minimum absolute atomic E-state index is 0.0584. The first kappa shape index (κ1) is 19.8. The zero-order valence-corrected chi connectivity index (χ0v) is 14.9. The normalized spacial score (nSPS) is 11.3. The first-order valence-electron chi connectivity index (χ1n) is 7.70. The van der Waals surface area contributed by atoms with E-state index in [-0.39, 0.29) is 17.1 Å². The molecule has 9 heteroatoms. The quantitative estimate of drug-likeness (QED) is 0.741. The molecule has 2 aromatic carbocycles. The van der Waals surface area contributed by atoms with Crippen molar-refractivity contribution in [3.63, 3.8) is 0 Å². The van der Waals surface area contributed by atoms with Gasteiger partial charge in [0.25, 0.3) is 5.91 Å². The van der Waals surface area contributed by atoms with Gasteiger partial charge in [0.05, 0.1) is 11.4 Å². The number of sulfonamides is 1. The average Bonchev–Trinajstić information content (AvgIpc) is 2.55. The highest BCUT2D eigenvalue weighted by atomic mass is 32.2. The zero-order chi connectivity index (χ0) is 19.5. The molecule has 0 aliphatic rings. The Kier molecular flexibility index (Phi) is 5.91. The molecule has 5 nitrogen and oxygen atoms in total. The van der Waals surface area contributed by atoms with Gasteiger partial charge >= 0.3 is 0 Å². The maximum absolute atomic E-state index is 13.3. The van der Waals surface area contributed by atoms with Gasteiger partial charge in [0.15, 0.2) is 17.5 Å². The average molecular weight is 386 g/mol. The second kappa shape index (κ2) is 7.77. The fraction of sp³-hybridized carbons (Fsp3) is 0.235. The second-order valence-corrected chi connectivity index (χ2v) is 7.45. The summed E-state index contributed by atoms with van der Waals surface area (Å²) in [6, 6.07) is 5.70. The van der Waals surface area contributed by atoms with Gasteiger partial charge in [-0.25, -0.2) is 21.6 Å². The molecule has 0 fully saturated rings. The Hall–Kier alpha value is -2.55. The van der Waals surface area contributed by atoms with E-state index in [1.807, 2.05) is 0 Å². The summed E-state index contributed by atoms with van der Waals surface area (Å²) in [7, 11) is -3.52. The topological polar surface area (TPSA) is 75.3 Å². The molecule has 0 aliphatic heterocycles. The van der Waals surface area contributed by atoms with Gasteiger partial charge < -0.3 is 5.32 Å². The van der Waals surface area contributed by atoms with E-state index in [0.29, 0.717) is 24.1 Å². The Morgan fingerprint density at radius 3 is 2.23 bits per heavy atom. The Bertz CT molecular complexity index is 923. The van der Waals surface area contributed by atoms with Gasteiger partial charge in [0, 0.05) is 11.3 Å². The van der Waals surface area contributed by atoms with Crippen molar-refractivity contribution in [2.75, 3.05) is 15.8 Å². The molecule has 2 N–H and O–H groups in total. The van der Waals surface area contributed by atoms with Crippen molar-refractivity contribution in [1.82, 2.24) is 0 Å². The van der Waals surface area contributed by atoms with E-state index in [9.17, 15) is 26.4 Å². The molecule has 2 aromatic rings. The Morgan fingerprint density at radius 1 is 1.08 bits per heavy atom. The summed E-state index contributed by atoms with van der Waals surface area (Å²) >= 11 is 0. The number of anilines is 2. The minimum atomic E-state index is -3.52. The highest BCUT2D eigenvalue weighted by Crippen LogP contribution is 2.25. The lowest BCUT2D eigenvalue weighted by Crippen LogP contribution is -2.18. The predicted molar refractivity (Wildman–Crippen MR) is 93.1 cm³/mol. The Labute approximate surface area is 149 Å². The third kappa shape index (κ3) is 4.54. The minimum Gasteiger partial charge on any atom is -0.322 e. The number of carbonyl (C=O) groups is 1. The van der Waals surface area contributed by atoms with Crippen LogP contribution in [0.1, 0.15) is 29.3 Å². The maximum Gasteiger partial charge on any atom is 0.255 e. The van der Waals surface area contributed by atoms with Gasteiger partial charge in [-0.15, -0.1) is 0 Å². The number of carbonyl (C=O) groups excluding carboxylic acids is 1. The molecule has 0 saturated carbocycles. The predicted octanol–water partition coefficient (Wildman–Crippen LogP) is 3.82. The number of halogens is 3. The molecule has 0 aliphatic carbocycles. The highest BCUT2D eigenvalue weighted by molar-refractivity contribution is 7.92. The summed E-state index contributed by atoms with van der Waals surface area (Å²) in [6.07, 6.45) is 0.437. The third-order valence-corrected chi connectivity index (χ3v) is 5.04. The van der Waals surface area contributed by atoms with Crippen molar-refractivity contribution >= 4 is 27.3 Å². The lowest BCUT2D eigenvalue weighted by molar-refractivity contribution is 0.102. The SMILES string of the molecule is CCCS(=O)(=O)Nc1cccc(NC(=O)c2cc(F)c(F)c(F)c2)c1C. The molecule has 2 rings (SSSR count). The van der Waals surface area contributed by atoms with E-state index in [4.69, 9.17) is 0 Å². The van der Waals surface area contributed by atoms with Crippen LogP contribution in [-0.2, 0) is 10.0 Å². The van der Waals surface area contributed by atoms with Crippen LogP contribution in [0.5, 0.6) is 0 Å². The Morgan fingerprint density at radius 2 is 1.65 bits per heavy atom. The summed E-state index contributed by atoms with van der Waals surface area (Å²) in [6.45, 7) is 3.30. The van der Waals surface area contributed by atoms with Crippen molar-refractivity contribution in [1.29, 1.82) is 0 Å². The van der Waals surface area contributed by atoms with Gasteiger partial charge in [-0.1, -0.05) is 13.0 Å². The van der Waals surface area contributed by atoms with Gasteiger partial charge in [-0.2, -0.15) is 0 Å². The molecule has 26 heavy (non-hydrogen) atoms. The molecule has 0 aromatic heterocycles. The lowest BCUT2D eigenvalue weighted by Gasteiger charge is -2.14. The zero-order valence-electron chi connectivity index (χ0n) is 14.1. The second-order valence-electron chi connectivity index (χ2n) is 5.61. The maximum atomic E-state index is 13.3. The molecule has 0 unspecified atom stereocenters. The van der Waals surface area contributed by atoms with E-state index in [1.165, 1.54) is 18.2 Å². The van der Waals surface area contributed by atoms with Crippen molar-refractivity contribution in [3.05, 3.63) is 58.9 Å². The van der Waals surface area contributed by atoms with E-state index < -0.39 is 38.9 Å². The number of hydrogen-bond acceptors (Lipinski definition) is 3. The molecule has 0 heterocycles. The van der Waals surface area contributed by atoms with Crippen molar-refractivity contribution < 1.29 is 26.4 Å². The molecule has 0 radical (unpaired) electrons. The van der Waals surface area contributed by atoms with Crippen LogP contribution in [0.15, 0.2) is 30.3 Å². The number of hydrogen-bond donors (Lipinski definition) is 2. The molecular weight excluding hydrogens is 369 g/mol. The van der Waals surface area contributed by atoms with Crippen molar-refractivity contribution in [3.8, 4) is 0 Å². The first-order chi connectivity index (χ1) is 12.1. The number of benzene rings is 2. The summed E-state index contributed by atoms with van der Waals surface area (Å²) in [5, 5.41) is 2.43. The lowest BCUT2D eigenvalue weighted by atomic mass is 10.1. The van der Waals surface area contributed by atoms with Crippen LogP contribution in [0.25, 0.3) is 0 Å². The summed E-state index contributed by atoms with van der Waals surface area (Å²) in [5.41, 5.74) is 0.533. The van der Waals surface area contributed by atoms with Crippen LogP contribution in [0.2, 0.25) is 0 Å². The van der Waals surface area contributed by atoms with Crippen LogP contribution in [-0.4, -0.2) is 20.1 Å². The molecule has 140 valence electrons. The molecule has 0 spiro atoms. The van der Waals surface area contributed by atoms with Gasteiger partial charge in [-0.3, -0.25) is 9.52 Å². The van der Waals surface area contributed by atoms with Gasteiger partial charge in [0.1, 0.15) is 0 Å². The van der Waals surface area contributed by atoms with E-state index in [0.717, 1.165) is 0 Å². The molecule has 0 saturated heterocycles. The smallest absolute Gasteiger partial charge is 0.255 e.